The number of carbonyl (C=O) groups is 3. The van der Waals surface area contributed by atoms with E-state index in [1.165, 1.54) is 6.08 Å². The molecule has 0 spiro atoms. The maximum Gasteiger partial charge on any atom is 0.330 e. The number of hydrogen-bond acceptors (Lipinski definition) is 5. The van der Waals surface area contributed by atoms with Crippen LogP contribution in [0.5, 0.6) is 0 Å². The molecule has 0 amide bonds. The molecule has 1 aromatic rings. The van der Waals surface area contributed by atoms with Crippen LogP contribution in [0.1, 0.15) is 38.7 Å². The van der Waals surface area contributed by atoms with Gasteiger partial charge in [0.05, 0.1) is 19.6 Å². The van der Waals surface area contributed by atoms with Crippen molar-refractivity contribution in [2.24, 2.45) is 17.8 Å². The van der Waals surface area contributed by atoms with E-state index in [2.05, 4.69) is 0 Å². The van der Waals surface area contributed by atoms with Gasteiger partial charge in [-0.1, -0.05) is 43.3 Å². The predicted octanol–water partition coefficient (Wildman–Crippen LogP) is 3.29. The summed E-state index contributed by atoms with van der Waals surface area (Å²) in [5.41, 5.74) is 1.03. The van der Waals surface area contributed by atoms with Crippen molar-refractivity contribution in [1.82, 2.24) is 0 Å². The van der Waals surface area contributed by atoms with Gasteiger partial charge in [-0.3, -0.25) is 9.59 Å². The molecule has 26 heavy (non-hydrogen) atoms. The van der Waals surface area contributed by atoms with Crippen LogP contribution in [-0.4, -0.2) is 30.9 Å². The van der Waals surface area contributed by atoms with E-state index in [0.29, 0.717) is 0 Å². The van der Waals surface area contributed by atoms with Crippen LogP contribution in [0, 0.1) is 17.8 Å². The van der Waals surface area contributed by atoms with Gasteiger partial charge in [0, 0.05) is 23.8 Å². The number of benzene rings is 1. The molecule has 1 aliphatic carbocycles. The first kappa shape index (κ1) is 19.9. The molecule has 1 saturated carbocycles. The highest BCUT2D eigenvalue weighted by Gasteiger charge is 2.47. The molecule has 5 heteroatoms. The number of rotatable bonds is 7. The highest BCUT2D eigenvalue weighted by molar-refractivity contribution is 5.91. The molecule has 0 radical (unpaired) electrons. The van der Waals surface area contributed by atoms with Crippen LogP contribution in [0.25, 0.3) is 0 Å². The molecule has 0 saturated heterocycles. The van der Waals surface area contributed by atoms with Crippen molar-refractivity contribution in [1.29, 1.82) is 0 Å². The summed E-state index contributed by atoms with van der Waals surface area (Å²) >= 11 is 0. The first-order valence-corrected chi connectivity index (χ1v) is 9.08. The lowest BCUT2D eigenvalue weighted by Gasteiger charge is -2.22. The Balaban J connectivity index is 2.34. The molecule has 0 bridgehead atoms. The van der Waals surface area contributed by atoms with Crippen molar-refractivity contribution in [2.75, 3.05) is 13.2 Å². The Morgan fingerprint density at radius 1 is 1.08 bits per heavy atom. The minimum Gasteiger partial charge on any atom is -0.466 e. The Labute approximate surface area is 154 Å². The van der Waals surface area contributed by atoms with Crippen molar-refractivity contribution in [3.05, 3.63) is 48.0 Å². The third-order valence-corrected chi connectivity index (χ3v) is 4.85. The molecule has 1 aromatic carbocycles. The lowest BCUT2D eigenvalue weighted by molar-refractivity contribution is -0.146. The van der Waals surface area contributed by atoms with E-state index in [4.69, 9.17) is 9.47 Å². The number of ether oxygens (including phenoxy) is 2. The molecular formula is C21H26O5. The van der Waals surface area contributed by atoms with Crippen LogP contribution in [0.2, 0.25) is 0 Å². The monoisotopic (exact) mass is 358 g/mol. The van der Waals surface area contributed by atoms with Crippen LogP contribution in [0.4, 0.5) is 0 Å². The van der Waals surface area contributed by atoms with Crippen molar-refractivity contribution in [3.63, 3.8) is 0 Å². The van der Waals surface area contributed by atoms with Crippen molar-refractivity contribution >= 4 is 17.7 Å². The summed E-state index contributed by atoms with van der Waals surface area (Å²) in [6, 6.07) is 9.73. The maximum absolute atomic E-state index is 12.9. The average Bonchev–Trinajstić information content (AvgIpc) is 2.85. The van der Waals surface area contributed by atoms with Gasteiger partial charge in [-0.2, -0.15) is 0 Å². The largest absolute Gasteiger partial charge is 0.466 e. The Kier molecular flexibility index (Phi) is 7.13. The Morgan fingerprint density at radius 2 is 1.73 bits per heavy atom. The molecule has 0 unspecified atom stereocenters. The van der Waals surface area contributed by atoms with Crippen molar-refractivity contribution in [3.8, 4) is 0 Å². The summed E-state index contributed by atoms with van der Waals surface area (Å²) in [5, 5.41) is 0. The van der Waals surface area contributed by atoms with E-state index in [9.17, 15) is 14.4 Å². The second kappa shape index (κ2) is 9.32. The molecule has 140 valence electrons. The quantitative estimate of drug-likeness (QED) is 0.552. The number of allylic oxidation sites excluding steroid dienone is 1. The number of hydrogen-bond donors (Lipinski definition) is 0. The van der Waals surface area contributed by atoms with E-state index in [0.717, 1.165) is 5.56 Å². The Bertz CT molecular complexity index is 664. The summed E-state index contributed by atoms with van der Waals surface area (Å²) in [5.74, 6) is -1.89. The second-order valence-corrected chi connectivity index (χ2v) is 6.43. The zero-order valence-corrected chi connectivity index (χ0v) is 15.5. The van der Waals surface area contributed by atoms with E-state index >= 15 is 0 Å². The highest BCUT2D eigenvalue weighted by atomic mass is 16.5. The Hall–Kier alpha value is -2.43. The third-order valence-electron chi connectivity index (χ3n) is 4.85. The minimum atomic E-state index is -0.500. The molecule has 0 N–H and O–H groups in total. The van der Waals surface area contributed by atoms with E-state index in [-0.39, 0.29) is 49.1 Å². The molecule has 1 fully saturated rings. The SMILES string of the molecule is CCOC(=O)/C=C/[C@@H]1[C@@H](c2ccccc2)[C@@H](C)C(=O)[C@H]1CC(=O)OCC. The molecular weight excluding hydrogens is 332 g/mol. The van der Waals surface area contributed by atoms with Gasteiger partial charge >= 0.3 is 11.9 Å². The van der Waals surface area contributed by atoms with Gasteiger partial charge in [0.1, 0.15) is 5.78 Å². The van der Waals surface area contributed by atoms with Crippen LogP contribution < -0.4 is 0 Å². The fourth-order valence-corrected chi connectivity index (χ4v) is 3.74. The summed E-state index contributed by atoms with van der Waals surface area (Å²) in [7, 11) is 0. The van der Waals surface area contributed by atoms with E-state index < -0.39 is 11.9 Å². The number of esters is 2. The van der Waals surface area contributed by atoms with Crippen LogP contribution in [0.15, 0.2) is 42.5 Å². The standard InChI is InChI=1S/C21H26O5/c1-4-25-18(22)12-11-16-17(13-19(23)26-5-2)21(24)14(3)20(16)15-9-7-6-8-10-15/h6-12,14,16-17,20H,4-5,13H2,1-3H3/b12-11+/t14-,16+,17+,20-/m1/s1. The molecule has 0 aliphatic heterocycles. The molecule has 0 heterocycles. The summed E-state index contributed by atoms with van der Waals surface area (Å²) < 4.78 is 9.98. The van der Waals surface area contributed by atoms with Gasteiger partial charge in [0.15, 0.2) is 0 Å². The zero-order chi connectivity index (χ0) is 19.1. The first-order valence-electron chi connectivity index (χ1n) is 9.08. The summed E-state index contributed by atoms with van der Waals surface area (Å²) in [4.78, 5) is 36.6. The summed E-state index contributed by atoms with van der Waals surface area (Å²) in [6.07, 6.45) is 3.12. The van der Waals surface area contributed by atoms with Crippen molar-refractivity contribution in [2.45, 2.75) is 33.1 Å². The summed E-state index contributed by atoms with van der Waals surface area (Å²) in [6.45, 7) is 5.93. The van der Waals surface area contributed by atoms with Gasteiger partial charge in [0.25, 0.3) is 0 Å². The van der Waals surface area contributed by atoms with Crippen molar-refractivity contribution < 1.29 is 23.9 Å². The predicted molar refractivity (Wildman–Crippen MR) is 97.4 cm³/mol. The van der Waals surface area contributed by atoms with Gasteiger partial charge in [0.2, 0.25) is 0 Å². The second-order valence-electron chi connectivity index (χ2n) is 6.43. The molecule has 5 nitrogen and oxygen atoms in total. The van der Waals surface area contributed by atoms with E-state index in [1.54, 1.807) is 19.9 Å². The van der Waals surface area contributed by atoms with Crippen LogP contribution >= 0.6 is 0 Å². The van der Waals surface area contributed by atoms with Gasteiger partial charge in [-0.05, 0) is 25.3 Å². The topological polar surface area (TPSA) is 69.7 Å². The van der Waals surface area contributed by atoms with E-state index in [1.807, 2.05) is 37.3 Å². The van der Waals surface area contributed by atoms with Gasteiger partial charge in [-0.25, -0.2) is 4.79 Å². The maximum atomic E-state index is 12.9. The number of ketones is 1. The smallest absolute Gasteiger partial charge is 0.330 e. The minimum absolute atomic E-state index is 0.0260. The fraction of sp³-hybridized carbons (Fsp3) is 0.476. The zero-order valence-electron chi connectivity index (χ0n) is 15.5. The molecule has 2 rings (SSSR count). The third kappa shape index (κ3) is 4.59. The fourth-order valence-electron chi connectivity index (χ4n) is 3.74. The Morgan fingerprint density at radius 3 is 2.35 bits per heavy atom. The number of Topliss-reactive ketones (excluding diaryl/α,β-unsaturated/α-hetero) is 1. The normalized spacial score (nSPS) is 25.4. The first-order chi connectivity index (χ1) is 12.5. The highest BCUT2D eigenvalue weighted by Crippen LogP contribution is 2.47. The van der Waals surface area contributed by atoms with Crippen LogP contribution in [0.3, 0.4) is 0 Å². The lowest BCUT2D eigenvalue weighted by atomic mass is 9.81. The van der Waals surface area contributed by atoms with Gasteiger partial charge < -0.3 is 9.47 Å². The van der Waals surface area contributed by atoms with Crippen LogP contribution in [-0.2, 0) is 23.9 Å². The van der Waals surface area contributed by atoms with Gasteiger partial charge in [-0.15, -0.1) is 0 Å². The number of carbonyl (C=O) groups excluding carboxylic acids is 3. The average molecular weight is 358 g/mol. The molecule has 0 aromatic heterocycles. The lowest BCUT2D eigenvalue weighted by Crippen LogP contribution is -2.21. The molecule has 4 atom stereocenters. The molecule has 1 aliphatic rings.